The van der Waals surface area contributed by atoms with Crippen LogP contribution < -0.4 is 0 Å². The van der Waals surface area contributed by atoms with Crippen molar-refractivity contribution in [1.29, 1.82) is 0 Å². The SMILES string of the molecule is CC(C)=CCC/C(C)=C/CCC(C)=CCC/C(C)=C/Cc1c(O)ccc(O)c1C. The maximum atomic E-state index is 10.0. The molecule has 1 aromatic carbocycles. The van der Waals surface area contributed by atoms with Gasteiger partial charge in [0.2, 0.25) is 0 Å². The average molecular weight is 397 g/mol. The number of rotatable bonds is 11. The van der Waals surface area contributed by atoms with Crippen molar-refractivity contribution in [2.24, 2.45) is 0 Å². The first-order valence-electron chi connectivity index (χ1n) is 10.8. The smallest absolute Gasteiger partial charge is 0.119 e. The van der Waals surface area contributed by atoms with Gasteiger partial charge in [-0.05, 0) is 104 Å². The van der Waals surface area contributed by atoms with Crippen LogP contribution in [0.1, 0.15) is 84.3 Å². The monoisotopic (exact) mass is 396 g/mol. The molecular weight excluding hydrogens is 356 g/mol. The molecule has 0 fully saturated rings. The molecule has 2 N–H and O–H groups in total. The molecule has 29 heavy (non-hydrogen) atoms. The van der Waals surface area contributed by atoms with Crippen molar-refractivity contribution in [3.05, 3.63) is 69.9 Å². The van der Waals surface area contributed by atoms with Crippen molar-refractivity contribution < 1.29 is 10.2 Å². The second kappa shape index (κ2) is 13.1. The van der Waals surface area contributed by atoms with Crippen molar-refractivity contribution in [3.63, 3.8) is 0 Å². The van der Waals surface area contributed by atoms with Crippen molar-refractivity contribution in [2.45, 2.75) is 86.5 Å². The fourth-order valence-electron chi connectivity index (χ4n) is 3.25. The lowest BCUT2D eigenvalue weighted by molar-refractivity contribution is 0.452. The number of hydrogen-bond acceptors (Lipinski definition) is 2. The first kappa shape index (κ1) is 24.8. The van der Waals surface area contributed by atoms with Gasteiger partial charge in [0, 0.05) is 5.56 Å². The Morgan fingerprint density at radius 1 is 0.690 bits per heavy atom. The molecule has 1 rings (SSSR count). The molecule has 1 aromatic rings. The van der Waals surface area contributed by atoms with Crippen LogP contribution >= 0.6 is 0 Å². The Morgan fingerprint density at radius 3 is 1.66 bits per heavy atom. The molecule has 0 atom stereocenters. The molecule has 0 aromatic heterocycles. The third kappa shape index (κ3) is 10.2. The maximum Gasteiger partial charge on any atom is 0.119 e. The summed E-state index contributed by atoms with van der Waals surface area (Å²) >= 11 is 0. The van der Waals surface area contributed by atoms with Gasteiger partial charge in [-0.25, -0.2) is 0 Å². The fraction of sp³-hybridized carbons (Fsp3) is 0.481. The molecule has 0 amide bonds. The quantitative estimate of drug-likeness (QED) is 0.293. The number of benzene rings is 1. The van der Waals surface area contributed by atoms with Gasteiger partial charge in [0.25, 0.3) is 0 Å². The van der Waals surface area contributed by atoms with Crippen LogP contribution in [0.25, 0.3) is 0 Å². The Hall–Kier alpha value is -2.22. The van der Waals surface area contributed by atoms with Gasteiger partial charge in [-0.15, -0.1) is 0 Å². The number of phenolic OH excluding ortho intramolecular Hbond substituents is 2. The lowest BCUT2D eigenvalue weighted by atomic mass is 10.0. The fourth-order valence-corrected chi connectivity index (χ4v) is 3.25. The minimum absolute atomic E-state index is 0.239. The Bertz CT molecular complexity index is 772. The minimum Gasteiger partial charge on any atom is -0.508 e. The molecule has 2 nitrogen and oxygen atoms in total. The van der Waals surface area contributed by atoms with E-state index in [1.807, 2.05) is 6.92 Å². The molecule has 0 bridgehead atoms. The predicted molar refractivity (Wildman–Crippen MR) is 127 cm³/mol. The van der Waals surface area contributed by atoms with E-state index in [-0.39, 0.29) is 11.5 Å². The molecular formula is C27H40O2. The summed E-state index contributed by atoms with van der Waals surface area (Å²) in [5, 5.41) is 19.8. The van der Waals surface area contributed by atoms with Gasteiger partial charge in [-0.2, -0.15) is 0 Å². The topological polar surface area (TPSA) is 40.5 Å². The lowest BCUT2D eigenvalue weighted by Gasteiger charge is -2.08. The molecule has 0 aliphatic carbocycles. The van der Waals surface area contributed by atoms with E-state index in [1.165, 1.54) is 28.4 Å². The molecule has 0 aliphatic heterocycles. The van der Waals surface area contributed by atoms with Crippen molar-refractivity contribution in [2.75, 3.05) is 0 Å². The minimum atomic E-state index is 0.239. The largest absolute Gasteiger partial charge is 0.508 e. The molecule has 0 spiro atoms. The third-order valence-corrected chi connectivity index (χ3v) is 5.35. The van der Waals surface area contributed by atoms with Crippen LogP contribution in [0.15, 0.2) is 58.7 Å². The summed E-state index contributed by atoms with van der Waals surface area (Å²) in [5.74, 6) is 0.493. The summed E-state index contributed by atoms with van der Waals surface area (Å²) in [5.41, 5.74) is 7.21. The zero-order chi connectivity index (χ0) is 21.8. The van der Waals surface area contributed by atoms with Crippen LogP contribution in [0, 0.1) is 6.92 Å². The highest BCUT2D eigenvalue weighted by Gasteiger charge is 2.07. The number of hydrogen-bond donors (Lipinski definition) is 2. The van der Waals surface area contributed by atoms with Crippen LogP contribution in [0.4, 0.5) is 0 Å². The van der Waals surface area contributed by atoms with Gasteiger partial charge in [-0.3, -0.25) is 0 Å². The molecule has 0 radical (unpaired) electrons. The second-order valence-corrected chi connectivity index (χ2v) is 8.46. The standard InChI is InChI=1S/C27H40O2/c1-20(2)10-7-11-21(3)12-8-13-22(4)14-9-15-23(5)16-17-25-24(6)26(28)18-19-27(25)29/h10,12,14,16,18-19,28-29H,7-9,11,13,15,17H2,1-6H3/b21-12+,22-14?,23-16+. The number of phenols is 2. The first-order valence-corrected chi connectivity index (χ1v) is 10.8. The second-order valence-electron chi connectivity index (χ2n) is 8.46. The van der Waals surface area contributed by atoms with Gasteiger partial charge in [0.05, 0.1) is 0 Å². The first-order chi connectivity index (χ1) is 13.7. The third-order valence-electron chi connectivity index (χ3n) is 5.35. The van der Waals surface area contributed by atoms with E-state index in [0.29, 0.717) is 6.42 Å². The number of allylic oxidation sites excluding steroid dienone is 8. The summed E-state index contributed by atoms with van der Waals surface area (Å²) in [6.07, 6.45) is 16.5. The highest BCUT2D eigenvalue weighted by atomic mass is 16.3. The van der Waals surface area contributed by atoms with E-state index in [1.54, 1.807) is 6.07 Å². The molecule has 0 saturated carbocycles. The van der Waals surface area contributed by atoms with E-state index in [2.05, 4.69) is 58.9 Å². The molecule has 160 valence electrons. The van der Waals surface area contributed by atoms with Crippen LogP contribution in [-0.2, 0) is 6.42 Å². The normalized spacial score (nSPS) is 13.0. The van der Waals surface area contributed by atoms with Crippen molar-refractivity contribution in [3.8, 4) is 11.5 Å². The Balaban J connectivity index is 2.41. The summed E-state index contributed by atoms with van der Waals surface area (Å²) in [4.78, 5) is 0. The summed E-state index contributed by atoms with van der Waals surface area (Å²) in [6.45, 7) is 12.7. The van der Waals surface area contributed by atoms with Crippen LogP contribution in [0.5, 0.6) is 11.5 Å². The van der Waals surface area contributed by atoms with Gasteiger partial charge in [0.1, 0.15) is 11.5 Å². The summed E-state index contributed by atoms with van der Waals surface area (Å²) < 4.78 is 0. The van der Waals surface area contributed by atoms with Crippen molar-refractivity contribution >= 4 is 0 Å². The van der Waals surface area contributed by atoms with Gasteiger partial charge < -0.3 is 10.2 Å². The lowest BCUT2D eigenvalue weighted by Crippen LogP contribution is -1.90. The van der Waals surface area contributed by atoms with Crippen LogP contribution in [-0.4, -0.2) is 10.2 Å². The highest BCUT2D eigenvalue weighted by Crippen LogP contribution is 2.29. The Kier molecular flexibility index (Phi) is 11.2. The molecule has 0 unspecified atom stereocenters. The van der Waals surface area contributed by atoms with E-state index < -0.39 is 0 Å². The Labute approximate surface area is 178 Å². The average Bonchev–Trinajstić information content (AvgIpc) is 2.64. The summed E-state index contributed by atoms with van der Waals surface area (Å²) in [6, 6.07) is 3.10. The zero-order valence-corrected chi connectivity index (χ0v) is 19.3. The maximum absolute atomic E-state index is 10.0. The zero-order valence-electron chi connectivity index (χ0n) is 19.3. The molecule has 0 aliphatic rings. The highest BCUT2D eigenvalue weighted by molar-refractivity contribution is 5.47. The van der Waals surface area contributed by atoms with Crippen LogP contribution in [0.3, 0.4) is 0 Å². The summed E-state index contributed by atoms with van der Waals surface area (Å²) in [7, 11) is 0. The van der Waals surface area contributed by atoms with E-state index in [9.17, 15) is 10.2 Å². The van der Waals surface area contributed by atoms with E-state index in [0.717, 1.165) is 49.7 Å². The Morgan fingerprint density at radius 2 is 1.14 bits per heavy atom. The van der Waals surface area contributed by atoms with Crippen LogP contribution in [0.2, 0.25) is 0 Å². The van der Waals surface area contributed by atoms with Gasteiger partial charge >= 0.3 is 0 Å². The van der Waals surface area contributed by atoms with Crippen molar-refractivity contribution in [1.82, 2.24) is 0 Å². The van der Waals surface area contributed by atoms with Gasteiger partial charge in [-0.1, -0.05) is 46.6 Å². The van der Waals surface area contributed by atoms with Gasteiger partial charge in [0.15, 0.2) is 0 Å². The molecule has 2 heteroatoms. The molecule has 0 heterocycles. The predicted octanol–water partition coefficient (Wildman–Crippen LogP) is 8.09. The molecule has 0 saturated heterocycles. The number of aromatic hydroxyl groups is 2. The van der Waals surface area contributed by atoms with E-state index >= 15 is 0 Å². The van der Waals surface area contributed by atoms with E-state index in [4.69, 9.17) is 0 Å².